The SMILES string of the molecule is CC#Cc1ccc(OCCOCCO)c(C(=O)c2ccc(C(=O)N[C@@H]3CNC[C@H]3NC(=O)c3ccc4cn[nH]c4c3)cc2)c1C. The van der Waals surface area contributed by atoms with Gasteiger partial charge in [-0.1, -0.05) is 24.1 Å². The van der Waals surface area contributed by atoms with Gasteiger partial charge in [-0.2, -0.15) is 5.10 Å². The van der Waals surface area contributed by atoms with Crippen LogP contribution >= 0.6 is 0 Å². The third kappa shape index (κ3) is 7.38. The fourth-order valence-electron chi connectivity index (χ4n) is 5.22. The first-order chi connectivity index (χ1) is 21.9. The Balaban J connectivity index is 1.25. The number of aromatic nitrogens is 2. The van der Waals surface area contributed by atoms with Crippen molar-refractivity contribution in [3.8, 4) is 17.6 Å². The molecule has 45 heavy (non-hydrogen) atoms. The largest absolute Gasteiger partial charge is 0.490 e. The van der Waals surface area contributed by atoms with Crippen LogP contribution in [0.1, 0.15) is 54.7 Å². The third-order valence-corrected chi connectivity index (χ3v) is 7.59. The zero-order chi connectivity index (χ0) is 31.8. The Morgan fingerprint density at radius 3 is 2.33 bits per heavy atom. The molecule has 0 bridgehead atoms. The molecule has 5 N–H and O–H groups in total. The molecule has 2 heterocycles. The monoisotopic (exact) mass is 609 g/mol. The van der Waals surface area contributed by atoms with Gasteiger partial charge in [-0.3, -0.25) is 19.5 Å². The minimum Gasteiger partial charge on any atom is -0.490 e. The number of ketones is 1. The fourth-order valence-corrected chi connectivity index (χ4v) is 5.22. The molecule has 1 aromatic heterocycles. The number of nitrogens with one attached hydrogen (secondary N) is 4. The highest BCUT2D eigenvalue weighted by molar-refractivity contribution is 6.12. The number of amides is 2. The van der Waals surface area contributed by atoms with Gasteiger partial charge in [0.05, 0.1) is 49.2 Å². The van der Waals surface area contributed by atoms with Gasteiger partial charge in [-0.05, 0) is 55.8 Å². The number of rotatable bonds is 12. The summed E-state index contributed by atoms with van der Waals surface area (Å²) in [5.41, 5.74) is 3.83. The van der Waals surface area contributed by atoms with Gasteiger partial charge in [0.25, 0.3) is 11.8 Å². The van der Waals surface area contributed by atoms with Crippen molar-refractivity contribution in [2.24, 2.45) is 0 Å². The zero-order valence-corrected chi connectivity index (χ0v) is 25.1. The van der Waals surface area contributed by atoms with Crippen LogP contribution in [-0.2, 0) is 4.74 Å². The molecule has 5 rings (SSSR count). The predicted octanol–water partition coefficient (Wildman–Crippen LogP) is 2.36. The number of hydrogen-bond acceptors (Lipinski definition) is 8. The van der Waals surface area contributed by atoms with Crippen molar-refractivity contribution in [2.45, 2.75) is 25.9 Å². The molecule has 1 aliphatic heterocycles. The number of ether oxygens (including phenoxy) is 2. The number of carbonyl (C=O) groups is 3. The number of fused-ring (bicyclic) bond motifs is 1. The van der Waals surface area contributed by atoms with Gasteiger partial charge in [0.15, 0.2) is 5.78 Å². The van der Waals surface area contributed by atoms with Gasteiger partial charge in [0.1, 0.15) is 12.4 Å². The number of hydrogen-bond donors (Lipinski definition) is 5. The molecule has 1 fully saturated rings. The number of aliphatic hydroxyl groups excluding tert-OH is 1. The molecular weight excluding hydrogens is 574 g/mol. The Morgan fingerprint density at radius 1 is 0.933 bits per heavy atom. The molecule has 232 valence electrons. The number of H-pyrrole nitrogens is 1. The van der Waals surface area contributed by atoms with Gasteiger partial charge < -0.3 is 30.5 Å². The zero-order valence-electron chi connectivity index (χ0n) is 25.1. The summed E-state index contributed by atoms with van der Waals surface area (Å²) in [7, 11) is 0. The lowest BCUT2D eigenvalue weighted by Crippen LogP contribution is -2.51. The van der Waals surface area contributed by atoms with Crippen LogP contribution in [0.4, 0.5) is 0 Å². The van der Waals surface area contributed by atoms with E-state index >= 15 is 0 Å². The maximum absolute atomic E-state index is 13.7. The second-order valence-electron chi connectivity index (χ2n) is 10.6. The first-order valence-corrected chi connectivity index (χ1v) is 14.7. The molecule has 0 saturated carbocycles. The lowest BCUT2D eigenvalue weighted by Gasteiger charge is -2.21. The van der Waals surface area contributed by atoms with E-state index in [0.717, 1.165) is 16.5 Å². The van der Waals surface area contributed by atoms with E-state index in [4.69, 9.17) is 14.6 Å². The molecule has 0 aliphatic carbocycles. The average Bonchev–Trinajstić information content (AvgIpc) is 3.71. The molecule has 11 heteroatoms. The van der Waals surface area contributed by atoms with E-state index in [0.29, 0.717) is 46.7 Å². The molecule has 0 radical (unpaired) electrons. The molecule has 11 nitrogen and oxygen atoms in total. The summed E-state index contributed by atoms with van der Waals surface area (Å²) in [6, 6.07) is 14.6. The van der Waals surface area contributed by atoms with E-state index in [9.17, 15) is 14.4 Å². The molecule has 2 atom stereocenters. The third-order valence-electron chi connectivity index (χ3n) is 7.59. The normalized spacial score (nSPS) is 15.7. The summed E-state index contributed by atoms with van der Waals surface area (Å²) in [5, 5.41) is 25.9. The minimum absolute atomic E-state index is 0.0832. The van der Waals surface area contributed by atoms with E-state index in [1.807, 2.05) is 19.1 Å². The average molecular weight is 610 g/mol. The maximum Gasteiger partial charge on any atom is 0.251 e. The minimum atomic E-state index is -0.329. The topological polar surface area (TPSA) is 155 Å². The molecule has 0 spiro atoms. The van der Waals surface area contributed by atoms with Crippen LogP contribution in [-0.4, -0.2) is 84.5 Å². The number of nitrogens with zero attached hydrogens (tertiary/aromatic N) is 1. The van der Waals surface area contributed by atoms with Crippen molar-refractivity contribution in [1.82, 2.24) is 26.1 Å². The second kappa shape index (κ2) is 14.6. The van der Waals surface area contributed by atoms with Crippen molar-refractivity contribution in [1.29, 1.82) is 0 Å². The van der Waals surface area contributed by atoms with Crippen LogP contribution in [0.3, 0.4) is 0 Å². The molecular formula is C34H35N5O6. The lowest BCUT2D eigenvalue weighted by molar-refractivity contribution is 0.0701. The van der Waals surface area contributed by atoms with E-state index < -0.39 is 0 Å². The van der Waals surface area contributed by atoms with Crippen molar-refractivity contribution < 1.29 is 29.0 Å². The Morgan fingerprint density at radius 2 is 1.62 bits per heavy atom. The van der Waals surface area contributed by atoms with E-state index in [-0.39, 0.29) is 56.1 Å². The predicted molar refractivity (Wildman–Crippen MR) is 168 cm³/mol. The van der Waals surface area contributed by atoms with Crippen molar-refractivity contribution >= 4 is 28.5 Å². The van der Waals surface area contributed by atoms with Crippen LogP contribution in [0.15, 0.2) is 60.8 Å². The molecule has 0 unspecified atom stereocenters. The number of aliphatic hydroxyl groups is 1. The standard InChI is InChI=1S/C34H35N5O6/c1-3-4-22-11-12-30(45-16-15-44-14-13-40)31(21(22)2)32(41)23-5-7-24(8-6-23)33(42)37-28-19-35-20-29(28)38-34(43)25-9-10-26-18-36-39-27(26)17-25/h5-12,17-18,28-29,35,40H,13-16,19-20H2,1-2H3,(H,36,39)(H,37,42)(H,38,43)/t28-,29-/m1/s1. The quantitative estimate of drug-likeness (QED) is 0.0932. The van der Waals surface area contributed by atoms with Crippen molar-refractivity contribution in [3.05, 3.63) is 94.2 Å². The summed E-state index contributed by atoms with van der Waals surface area (Å²) in [5.74, 6) is 5.48. The van der Waals surface area contributed by atoms with Crippen LogP contribution in [0.5, 0.6) is 5.75 Å². The highest BCUT2D eigenvalue weighted by Gasteiger charge is 2.30. The summed E-state index contributed by atoms with van der Waals surface area (Å²) in [6.07, 6.45) is 1.69. The van der Waals surface area contributed by atoms with E-state index in [1.165, 1.54) is 0 Å². The number of benzene rings is 3. The second-order valence-corrected chi connectivity index (χ2v) is 10.6. The Hall–Kier alpha value is -5.02. The number of carbonyl (C=O) groups excluding carboxylic acids is 3. The van der Waals surface area contributed by atoms with Gasteiger partial charge in [-0.25, -0.2) is 0 Å². The van der Waals surface area contributed by atoms with E-state index in [1.54, 1.807) is 55.6 Å². The summed E-state index contributed by atoms with van der Waals surface area (Å²) in [6.45, 7) is 5.14. The molecule has 2 amide bonds. The summed E-state index contributed by atoms with van der Waals surface area (Å²) in [4.78, 5) is 39.8. The van der Waals surface area contributed by atoms with Gasteiger partial charge in [0, 0.05) is 40.7 Å². The Labute approximate surface area is 260 Å². The first kappa shape index (κ1) is 31.4. The maximum atomic E-state index is 13.7. The fraction of sp³-hybridized carbons (Fsp3) is 0.294. The van der Waals surface area contributed by atoms with Crippen molar-refractivity contribution in [3.63, 3.8) is 0 Å². The Kier molecular flexibility index (Phi) is 10.2. The smallest absolute Gasteiger partial charge is 0.251 e. The molecule has 3 aromatic carbocycles. The highest BCUT2D eigenvalue weighted by Crippen LogP contribution is 2.28. The summed E-state index contributed by atoms with van der Waals surface area (Å²) < 4.78 is 11.2. The van der Waals surface area contributed by atoms with Gasteiger partial charge in [0.2, 0.25) is 0 Å². The van der Waals surface area contributed by atoms with Crippen LogP contribution in [0.25, 0.3) is 10.9 Å². The van der Waals surface area contributed by atoms with Gasteiger partial charge in [-0.15, -0.1) is 5.92 Å². The number of aromatic amines is 1. The van der Waals surface area contributed by atoms with Gasteiger partial charge >= 0.3 is 0 Å². The molecule has 1 aliphatic rings. The van der Waals surface area contributed by atoms with Crippen LogP contribution in [0.2, 0.25) is 0 Å². The lowest BCUT2D eigenvalue weighted by atomic mass is 9.94. The van der Waals surface area contributed by atoms with Crippen molar-refractivity contribution in [2.75, 3.05) is 39.5 Å². The Bertz CT molecular complexity index is 1750. The molecule has 4 aromatic rings. The molecule has 1 saturated heterocycles. The summed E-state index contributed by atoms with van der Waals surface area (Å²) >= 11 is 0. The van der Waals surface area contributed by atoms with E-state index in [2.05, 4.69) is 38.0 Å². The van der Waals surface area contributed by atoms with Crippen LogP contribution in [0, 0.1) is 18.8 Å². The van der Waals surface area contributed by atoms with Crippen LogP contribution < -0.4 is 20.7 Å². The highest BCUT2D eigenvalue weighted by atomic mass is 16.5. The first-order valence-electron chi connectivity index (χ1n) is 14.7.